The number of hydrogen-bond donors (Lipinski definition) is 1. The van der Waals surface area contributed by atoms with Gasteiger partial charge in [-0.1, -0.05) is 5.16 Å². The van der Waals surface area contributed by atoms with Gasteiger partial charge in [-0.05, 0) is 38.2 Å². The molecule has 5 nitrogen and oxygen atoms in total. The second-order valence-electron chi connectivity index (χ2n) is 4.81. The first-order chi connectivity index (χ1) is 9.69. The lowest BCUT2D eigenvalue weighted by Crippen LogP contribution is -2.10. The Labute approximate surface area is 120 Å². The van der Waals surface area contributed by atoms with Crippen LogP contribution in [0.1, 0.15) is 45.1 Å². The van der Waals surface area contributed by atoms with Gasteiger partial charge >= 0.3 is 0 Å². The van der Waals surface area contributed by atoms with E-state index in [4.69, 9.17) is 4.52 Å². The summed E-state index contributed by atoms with van der Waals surface area (Å²) in [7, 11) is 0. The summed E-state index contributed by atoms with van der Waals surface area (Å²) in [6.45, 7) is 1.75. The number of aryl methyl sites for hydroxylation is 2. The molecule has 0 bridgehead atoms. The van der Waals surface area contributed by atoms with Crippen LogP contribution in [0.25, 0.3) is 0 Å². The van der Waals surface area contributed by atoms with Crippen molar-refractivity contribution in [2.45, 2.75) is 32.6 Å². The number of nitrogens with zero attached hydrogens (tertiary/aromatic N) is 2. The highest BCUT2D eigenvalue weighted by atomic mass is 32.1. The lowest BCUT2D eigenvalue weighted by molar-refractivity contribution is 0.0988. The van der Waals surface area contributed by atoms with Gasteiger partial charge in [-0.3, -0.25) is 4.79 Å². The minimum atomic E-state index is -0.360. The second kappa shape index (κ2) is 5.10. The van der Waals surface area contributed by atoms with Crippen LogP contribution >= 0.6 is 11.3 Å². The van der Waals surface area contributed by atoms with Gasteiger partial charge in [0, 0.05) is 10.9 Å². The molecule has 0 fully saturated rings. The first-order valence-corrected chi connectivity index (χ1v) is 7.30. The van der Waals surface area contributed by atoms with Gasteiger partial charge in [0.15, 0.2) is 0 Å². The molecule has 2 aromatic heterocycles. The molecule has 2 heterocycles. The Morgan fingerprint density at radius 1 is 1.50 bits per heavy atom. The van der Waals surface area contributed by atoms with Gasteiger partial charge in [-0.2, -0.15) is 5.26 Å². The molecule has 3 rings (SSSR count). The first-order valence-electron chi connectivity index (χ1n) is 6.48. The summed E-state index contributed by atoms with van der Waals surface area (Å²) in [5.41, 5.74) is 2.36. The molecule has 1 aliphatic carbocycles. The van der Waals surface area contributed by atoms with E-state index in [1.54, 1.807) is 13.0 Å². The molecule has 0 saturated heterocycles. The van der Waals surface area contributed by atoms with E-state index in [1.807, 2.05) is 0 Å². The van der Waals surface area contributed by atoms with Gasteiger partial charge in [-0.25, -0.2) is 0 Å². The SMILES string of the molecule is Cc1cc(C(=O)Nc2sc3c(c2C#N)CCCC3)on1. The molecule has 0 aromatic carbocycles. The zero-order valence-electron chi connectivity index (χ0n) is 11.0. The van der Waals surface area contributed by atoms with E-state index in [9.17, 15) is 10.1 Å². The van der Waals surface area contributed by atoms with Gasteiger partial charge < -0.3 is 9.84 Å². The van der Waals surface area contributed by atoms with Gasteiger partial charge in [0.05, 0.1) is 11.3 Å². The normalized spacial score (nSPS) is 13.6. The zero-order valence-corrected chi connectivity index (χ0v) is 11.8. The number of carbonyl (C=O) groups excluding carboxylic acids is 1. The molecule has 1 amide bonds. The summed E-state index contributed by atoms with van der Waals surface area (Å²) in [4.78, 5) is 13.3. The van der Waals surface area contributed by atoms with E-state index in [1.165, 1.54) is 16.2 Å². The van der Waals surface area contributed by atoms with Crippen molar-refractivity contribution < 1.29 is 9.32 Å². The number of aromatic nitrogens is 1. The van der Waals surface area contributed by atoms with Crippen molar-refractivity contribution in [1.82, 2.24) is 5.16 Å². The highest BCUT2D eigenvalue weighted by Gasteiger charge is 2.23. The van der Waals surface area contributed by atoms with Crippen LogP contribution in [0.3, 0.4) is 0 Å². The molecule has 2 aromatic rings. The Hall–Kier alpha value is -2.13. The van der Waals surface area contributed by atoms with Crippen LogP contribution in [-0.4, -0.2) is 11.1 Å². The number of fused-ring (bicyclic) bond motifs is 1. The van der Waals surface area contributed by atoms with E-state index in [-0.39, 0.29) is 11.7 Å². The molecule has 0 atom stereocenters. The standard InChI is InChI=1S/C14H13N3O2S/c1-8-6-11(19-17-8)13(18)16-14-10(7-15)9-4-2-3-5-12(9)20-14/h6H,2-5H2,1H3,(H,16,18). The smallest absolute Gasteiger partial charge is 0.294 e. The van der Waals surface area contributed by atoms with Crippen molar-refractivity contribution in [3.63, 3.8) is 0 Å². The number of anilines is 1. The zero-order chi connectivity index (χ0) is 14.1. The maximum Gasteiger partial charge on any atom is 0.294 e. The number of hydrogen-bond acceptors (Lipinski definition) is 5. The average molecular weight is 287 g/mol. The second-order valence-corrected chi connectivity index (χ2v) is 5.92. The highest BCUT2D eigenvalue weighted by Crippen LogP contribution is 2.37. The summed E-state index contributed by atoms with van der Waals surface area (Å²) < 4.78 is 4.93. The quantitative estimate of drug-likeness (QED) is 0.920. The van der Waals surface area contributed by atoms with Crippen molar-refractivity contribution in [2.75, 3.05) is 5.32 Å². The lowest BCUT2D eigenvalue weighted by atomic mass is 9.96. The van der Waals surface area contributed by atoms with Gasteiger partial charge in [0.2, 0.25) is 5.76 Å². The van der Waals surface area contributed by atoms with E-state index >= 15 is 0 Å². The van der Waals surface area contributed by atoms with Gasteiger partial charge in [0.25, 0.3) is 5.91 Å². The van der Waals surface area contributed by atoms with Crippen LogP contribution in [0.15, 0.2) is 10.6 Å². The summed E-state index contributed by atoms with van der Waals surface area (Å²) in [6.07, 6.45) is 4.16. The van der Waals surface area contributed by atoms with Crippen molar-refractivity contribution >= 4 is 22.2 Å². The fourth-order valence-corrected chi connectivity index (χ4v) is 3.64. The summed E-state index contributed by atoms with van der Waals surface area (Å²) in [5.74, 6) is -0.196. The molecular weight excluding hydrogens is 274 g/mol. The molecule has 6 heteroatoms. The third kappa shape index (κ3) is 2.21. The minimum Gasteiger partial charge on any atom is -0.351 e. The molecule has 0 radical (unpaired) electrons. The van der Waals surface area contributed by atoms with Gasteiger partial charge in [0.1, 0.15) is 11.1 Å². The van der Waals surface area contributed by atoms with Gasteiger partial charge in [-0.15, -0.1) is 11.3 Å². The predicted molar refractivity (Wildman–Crippen MR) is 74.9 cm³/mol. The van der Waals surface area contributed by atoms with Crippen molar-refractivity contribution in [1.29, 1.82) is 5.26 Å². The third-order valence-corrected chi connectivity index (χ3v) is 4.57. The number of thiophene rings is 1. The van der Waals surface area contributed by atoms with Crippen molar-refractivity contribution in [3.8, 4) is 6.07 Å². The van der Waals surface area contributed by atoms with Crippen LogP contribution in [0.5, 0.6) is 0 Å². The van der Waals surface area contributed by atoms with Crippen molar-refractivity contribution in [3.05, 3.63) is 33.5 Å². The molecule has 20 heavy (non-hydrogen) atoms. The van der Waals surface area contributed by atoms with E-state index in [0.717, 1.165) is 31.2 Å². The number of nitriles is 1. The fraction of sp³-hybridized carbons (Fsp3) is 0.357. The largest absolute Gasteiger partial charge is 0.351 e. The molecule has 1 N–H and O–H groups in total. The molecule has 0 spiro atoms. The predicted octanol–water partition coefficient (Wildman–Crippen LogP) is 3.05. The molecule has 0 saturated carbocycles. The molecule has 0 unspecified atom stereocenters. The Bertz CT molecular complexity index is 709. The molecular formula is C14H13N3O2S. The maximum absolute atomic E-state index is 12.1. The highest BCUT2D eigenvalue weighted by molar-refractivity contribution is 7.16. The fourth-order valence-electron chi connectivity index (χ4n) is 2.41. The summed E-state index contributed by atoms with van der Waals surface area (Å²) >= 11 is 1.50. The summed E-state index contributed by atoms with van der Waals surface area (Å²) in [6, 6.07) is 3.79. The van der Waals surface area contributed by atoms with Crippen LogP contribution in [-0.2, 0) is 12.8 Å². The Balaban J connectivity index is 1.89. The van der Waals surface area contributed by atoms with E-state index < -0.39 is 0 Å². The third-order valence-electron chi connectivity index (χ3n) is 3.36. The Kier molecular flexibility index (Phi) is 3.28. The minimum absolute atomic E-state index is 0.165. The lowest BCUT2D eigenvalue weighted by Gasteiger charge is -2.09. The number of amides is 1. The van der Waals surface area contributed by atoms with Crippen LogP contribution in [0.2, 0.25) is 0 Å². The summed E-state index contributed by atoms with van der Waals surface area (Å²) in [5, 5.41) is 16.4. The molecule has 0 aliphatic heterocycles. The Morgan fingerprint density at radius 3 is 3.00 bits per heavy atom. The maximum atomic E-state index is 12.1. The Morgan fingerprint density at radius 2 is 2.30 bits per heavy atom. The monoisotopic (exact) mass is 287 g/mol. The van der Waals surface area contributed by atoms with E-state index in [2.05, 4.69) is 16.5 Å². The molecule has 102 valence electrons. The van der Waals surface area contributed by atoms with E-state index in [0.29, 0.717) is 16.3 Å². The number of rotatable bonds is 2. The van der Waals surface area contributed by atoms with Crippen LogP contribution in [0, 0.1) is 18.3 Å². The average Bonchev–Trinajstić information content (AvgIpc) is 3.01. The number of nitrogens with one attached hydrogen (secondary N) is 1. The molecule has 1 aliphatic rings. The van der Waals surface area contributed by atoms with Crippen LogP contribution in [0.4, 0.5) is 5.00 Å². The number of carbonyl (C=O) groups is 1. The topological polar surface area (TPSA) is 78.9 Å². The first kappa shape index (κ1) is 12.9. The van der Waals surface area contributed by atoms with Crippen LogP contribution < -0.4 is 5.32 Å². The van der Waals surface area contributed by atoms with Crippen molar-refractivity contribution in [2.24, 2.45) is 0 Å².